The molecule has 216 valence electrons. The summed E-state index contributed by atoms with van der Waals surface area (Å²) in [6, 6.07) is 3.28. The Morgan fingerprint density at radius 1 is 1.02 bits per heavy atom. The number of aromatic nitrogens is 1. The van der Waals surface area contributed by atoms with Crippen LogP contribution in [0.15, 0.2) is 24.5 Å². The second kappa shape index (κ2) is 10.6. The van der Waals surface area contributed by atoms with E-state index < -0.39 is 23.5 Å². The Morgan fingerprint density at radius 3 is 2.34 bits per heavy atom. The maximum atomic E-state index is 15.5. The van der Waals surface area contributed by atoms with Crippen molar-refractivity contribution in [2.45, 2.75) is 86.1 Å². The number of benzene rings is 2. The van der Waals surface area contributed by atoms with Gasteiger partial charge >= 0.3 is 5.97 Å². The number of aliphatic carboxylic acids is 1. The molecule has 0 spiro atoms. The van der Waals surface area contributed by atoms with Crippen LogP contribution in [-0.2, 0) is 29.0 Å². The van der Waals surface area contributed by atoms with Crippen LogP contribution in [0.1, 0.15) is 88.2 Å². The Hall–Kier alpha value is -3.78. The highest BCUT2D eigenvalue weighted by Crippen LogP contribution is 2.47. The number of carbonyl (C=O) groups excluding carboxylic acids is 1. The van der Waals surface area contributed by atoms with Crippen LogP contribution < -0.4 is 4.74 Å². The fourth-order valence-electron chi connectivity index (χ4n) is 6.20. The van der Waals surface area contributed by atoms with Crippen molar-refractivity contribution in [3.63, 3.8) is 0 Å². The lowest BCUT2D eigenvalue weighted by Gasteiger charge is -2.31. The molecule has 1 atom stereocenters. The third-order valence-electron chi connectivity index (χ3n) is 8.09. The number of rotatable bonds is 5. The number of hydrogen-bond acceptors (Lipinski definition) is 5. The number of nitrogens with zero attached hydrogens (tertiary/aromatic N) is 2. The third kappa shape index (κ3) is 5.21. The number of pyridine rings is 1. The summed E-state index contributed by atoms with van der Waals surface area (Å²) in [5.74, 6) is -1.46. The molecule has 3 aromatic rings. The van der Waals surface area contributed by atoms with Gasteiger partial charge in [0.05, 0.1) is 17.8 Å². The van der Waals surface area contributed by atoms with E-state index in [0.29, 0.717) is 48.4 Å². The molecule has 3 heterocycles. The van der Waals surface area contributed by atoms with Crippen molar-refractivity contribution in [2.24, 2.45) is 0 Å². The number of ether oxygens (including phenoxy) is 2. The molecule has 7 nitrogen and oxygen atoms in total. The minimum Gasteiger partial charge on any atom is -0.490 e. The standard InChI is InChI=1S/C33H37FN2O5/c1-17-11-21(14-35-13-17)31(37)36-15-24-19(3)27(23-12-26(34)29-22(18(23)2)9-8-10-40-29)28(20(4)25(24)16-36)30(32(38)39)41-33(5,6)7/h11-14,30H,8-10,15-16H2,1-7H3,(H,38,39)/t30-/m0/s1. The maximum absolute atomic E-state index is 15.5. The van der Waals surface area contributed by atoms with Gasteiger partial charge in [-0.05, 0) is 118 Å². The molecular formula is C33H37FN2O5. The molecule has 0 radical (unpaired) electrons. The number of carbonyl (C=O) groups is 2. The zero-order valence-corrected chi connectivity index (χ0v) is 24.8. The summed E-state index contributed by atoms with van der Waals surface area (Å²) in [6.45, 7) is 14.2. The molecule has 1 aromatic heterocycles. The summed E-state index contributed by atoms with van der Waals surface area (Å²) >= 11 is 0. The van der Waals surface area contributed by atoms with Gasteiger partial charge in [-0.15, -0.1) is 0 Å². The van der Waals surface area contributed by atoms with Crippen molar-refractivity contribution in [1.82, 2.24) is 9.88 Å². The summed E-state index contributed by atoms with van der Waals surface area (Å²) in [5, 5.41) is 10.5. The van der Waals surface area contributed by atoms with Crippen molar-refractivity contribution in [2.75, 3.05) is 6.61 Å². The summed E-state index contributed by atoms with van der Waals surface area (Å²) in [4.78, 5) is 32.3. The van der Waals surface area contributed by atoms with Gasteiger partial charge < -0.3 is 19.5 Å². The smallest absolute Gasteiger partial charge is 0.337 e. The maximum Gasteiger partial charge on any atom is 0.337 e. The fraction of sp³-hybridized carbons (Fsp3) is 0.424. The van der Waals surface area contributed by atoms with Gasteiger partial charge in [0.1, 0.15) is 0 Å². The number of carboxylic acids is 1. The number of hydrogen-bond donors (Lipinski definition) is 1. The van der Waals surface area contributed by atoms with E-state index in [1.807, 2.05) is 54.5 Å². The van der Waals surface area contributed by atoms with E-state index in [-0.39, 0.29) is 11.7 Å². The lowest BCUT2D eigenvalue weighted by molar-refractivity contribution is -0.160. The van der Waals surface area contributed by atoms with Crippen molar-refractivity contribution < 1.29 is 28.6 Å². The Labute approximate surface area is 240 Å². The van der Waals surface area contributed by atoms with Crippen LogP contribution in [0.2, 0.25) is 0 Å². The summed E-state index contributed by atoms with van der Waals surface area (Å²) in [7, 11) is 0. The molecule has 1 N–H and O–H groups in total. The van der Waals surface area contributed by atoms with E-state index in [0.717, 1.165) is 45.4 Å². The van der Waals surface area contributed by atoms with E-state index in [4.69, 9.17) is 9.47 Å². The first kappa shape index (κ1) is 28.7. The van der Waals surface area contributed by atoms with Gasteiger partial charge in [0.25, 0.3) is 5.91 Å². The van der Waals surface area contributed by atoms with E-state index in [2.05, 4.69) is 4.98 Å². The van der Waals surface area contributed by atoms with Crippen LogP contribution in [0.5, 0.6) is 5.75 Å². The molecule has 41 heavy (non-hydrogen) atoms. The Bertz CT molecular complexity index is 1570. The van der Waals surface area contributed by atoms with Crippen LogP contribution in [0, 0.1) is 33.5 Å². The second-order valence-electron chi connectivity index (χ2n) is 12.1. The summed E-state index contributed by atoms with van der Waals surface area (Å²) in [6.07, 6.45) is 3.43. The molecule has 2 aliphatic rings. The minimum atomic E-state index is -1.30. The Balaban J connectivity index is 1.74. The van der Waals surface area contributed by atoms with Crippen molar-refractivity contribution in [3.05, 3.63) is 80.4 Å². The molecular weight excluding hydrogens is 523 g/mol. The predicted molar refractivity (Wildman–Crippen MR) is 154 cm³/mol. The minimum absolute atomic E-state index is 0.145. The monoisotopic (exact) mass is 560 g/mol. The molecule has 5 rings (SSSR count). The van der Waals surface area contributed by atoms with Gasteiger partial charge in [0.15, 0.2) is 17.7 Å². The molecule has 0 bridgehead atoms. The van der Waals surface area contributed by atoms with Gasteiger partial charge in [-0.2, -0.15) is 0 Å². The molecule has 0 saturated heterocycles. The summed E-state index contributed by atoms with van der Waals surface area (Å²) < 4.78 is 27.4. The summed E-state index contributed by atoms with van der Waals surface area (Å²) in [5.41, 5.74) is 7.48. The van der Waals surface area contributed by atoms with E-state index in [1.165, 1.54) is 6.07 Å². The first-order valence-electron chi connectivity index (χ1n) is 14.0. The molecule has 0 aliphatic carbocycles. The topological polar surface area (TPSA) is 89.0 Å². The normalized spacial score (nSPS) is 15.3. The number of halogens is 1. The van der Waals surface area contributed by atoms with Crippen LogP contribution in [-0.4, -0.2) is 39.1 Å². The van der Waals surface area contributed by atoms with Crippen LogP contribution >= 0.6 is 0 Å². The predicted octanol–water partition coefficient (Wildman–Crippen LogP) is 6.54. The van der Waals surface area contributed by atoms with Gasteiger partial charge in [-0.3, -0.25) is 9.78 Å². The van der Waals surface area contributed by atoms with Gasteiger partial charge in [0.2, 0.25) is 0 Å². The molecule has 8 heteroatoms. The largest absolute Gasteiger partial charge is 0.490 e. The Morgan fingerprint density at radius 2 is 1.71 bits per heavy atom. The van der Waals surface area contributed by atoms with E-state index >= 15 is 4.39 Å². The molecule has 2 aliphatic heterocycles. The molecule has 1 amide bonds. The zero-order chi connectivity index (χ0) is 29.8. The first-order chi connectivity index (χ1) is 19.3. The number of aryl methyl sites for hydroxylation is 1. The fourth-order valence-corrected chi connectivity index (χ4v) is 6.20. The van der Waals surface area contributed by atoms with Crippen molar-refractivity contribution >= 4 is 11.9 Å². The Kier molecular flexibility index (Phi) is 7.40. The van der Waals surface area contributed by atoms with E-state index in [9.17, 15) is 14.7 Å². The van der Waals surface area contributed by atoms with Crippen LogP contribution in [0.4, 0.5) is 4.39 Å². The molecule has 0 unspecified atom stereocenters. The average molecular weight is 561 g/mol. The highest BCUT2D eigenvalue weighted by molar-refractivity contribution is 5.95. The SMILES string of the molecule is Cc1cncc(C(=O)N2Cc3c(C)c(-c4cc(F)c5c(c4C)CCCO5)c([C@H](OC(C)(C)C)C(=O)O)c(C)c3C2)c1. The molecule has 0 saturated carbocycles. The molecule has 2 aromatic carbocycles. The zero-order valence-electron chi connectivity index (χ0n) is 24.8. The average Bonchev–Trinajstić information content (AvgIpc) is 3.37. The van der Waals surface area contributed by atoms with Crippen LogP contribution in [0.3, 0.4) is 0 Å². The van der Waals surface area contributed by atoms with Gasteiger partial charge in [-0.1, -0.05) is 0 Å². The number of carboxylic acid groups (broad SMARTS) is 1. The number of fused-ring (bicyclic) bond motifs is 2. The lowest BCUT2D eigenvalue weighted by atomic mass is 9.81. The van der Waals surface area contributed by atoms with Crippen LogP contribution in [0.25, 0.3) is 11.1 Å². The second-order valence-corrected chi connectivity index (χ2v) is 12.1. The highest BCUT2D eigenvalue weighted by atomic mass is 19.1. The first-order valence-corrected chi connectivity index (χ1v) is 14.0. The quantitative estimate of drug-likeness (QED) is 0.381. The lowest BCUT2D eigenvalue weighted by Crippen LogP contribution is -2.29. The highest BCUT2D eigenvalue weighted by Gasteiger charge is 2.37. The van der Waals surface area contributed by atoms with Crippen molar-refractivity contribution in [1.29, 1.82) is 0 Å². The number of amides is 1. The third-order valence-corrected chi connectivity index (χ3v) is 8.09. The van der Waals surface area contributed by atoms with Gasteiger partial charge in [-0.25, -0.2) is 9.18 Å². The van der Waals surface area contributed by atoms with E-state index in [1.54, 1.807) is 17.3 Å². The molecule has 0 fully saturated rings. The van der Waals surface area contributed by atoms with Crippen molar-refractivity contribution in [3.8, 4) is 16.9 Å². The van der Waals surface area contributed by atoms with Gasteiger partial charge in [0, 0.05) is 36.6 Å².